The molecular formula is C28H33ClN6O3. The van der Waals surface area contributed by atoms with Crippen LogP contribution in [0.3, 0.4) is 0 Å². The molecule has 2 aromatic heterocycles. The Morgan fingerprint density at radius 2 is 2.03 bits per heavy atom. The molecular weight excluding hydrogens is 504 g/mol. The minimum absolute atomic E-state index is 0.106. The Bertz CT molecular complexity index is 1430. The van der Waals surface area contributed by atoms with Gasteiger partial charge in [-0.05, 0) is 72.5 Å². The van der Waals surface area contributed by atoms with Gasteiger partial charge in [0.1, 0.15) is 5.75 Å². The number of rotatable bonds is 11. The zero-order valence-electron chi connectivity index (χ0n) is 21.8. The number of benzene rings is 2. The first-order valence-electron chi connectivity index (χ1n) is 13.2. The van der Waals surface area contributed by atoms with Crippen molar-refractivity contribution in [2.75, 3.05) is 13.2 Å². The lowest BCUT2D eigenvalue weighted by atomic mass is 10.1. The highest BCUT2D eigenvalue weighted by Crippen LogP contribution is 2.29. The fourth-order valence-electron chi connectivity index (χ4n) is 5.11. The molecule has 9 nitrogen and oxygen atoms in total. The highest BCUT2D eigenvalue weighted by molar-refractivity contribution is 6.31. The van der Waals surface area contributed by atoms with Crippen LogP contribution in [-0.4, -0.2) is 49.4 Å². The van der Waals surface area contributed by atoms with Gasteiger partial charge in [0.2, 0.25) is 0 Å². The summed E-state index contributed by atoms with van der Waals surface area (Å²) in [7, 11) is 0. The van der Waals surface area contributed by atoms with Crippen molar-refractivity contribution < 1.29 is 9.47 Å². The van der Waals surface area contributed by atoms with Gasteiger partial charge < -0.3 is 14.5 Å². The number of halogens is 1. The molecule has 0 bridgehead atoms. The molecule has 0 saturated carbocycles. The number of pyridine rings is 1. The van der Waals surface area contributed by atoms with E-state index in [0.29, 0.717) is 36.8 Å². The molecule has 1 saturated heterocycles. The predicted molar refractivity (Wildman–Crippen MR) is 146 cm³/mol. The molecule has 0 unspecified atom stereocenters. The van der Waals surface area contributed by atoms with Gasteiger partial charge in [-0.2, -0.15) is 0 Å². The number of aromatic amines is 1. The van der Waals surface area contributed by atoms with Crippen molar-refractivity contribution in [3.8, 4) is 5.75 Å². The quantitative estimate of drug-likeness (QED) is 0.291. The standard InChI is InChI=1S/C28H33ClN6O3/c1-3-26(27-31-32-33-35(27)18-23-9-7-13-38-23)34(16-19-8-5-6-10-24(19)29)17-21-14-20-15-22(37-4-2)11-12-25(20)30-28(21)36/h5-6,8,10-12,14-15,23,26H,3-4,7,9,13,16-18H2,1-2H3,(H,30,36)/t23-,26+/m1/s1. The number of aromatic nitrogens is 5. The first-order chi connectivity index (χ1) is 18.6. The number of tetrazole rings is 1. The van der Waals surface area contributed by atoms with Gasteiger partial charge in [0.25, 0.3) is 5.56 Å². The van der Waals surface area contributed by atoms with Crippen LogP contribution in [0.15, 0.2) is 53.3 Å². The van der Waals surface area contributed by atoms with Crippen LogP contribution in [0.2, 0.25) is 5.02 Å². The zero-order valence-corrected chi connectivity index (χ0v) is 22.5. The van der Waals surface area contributed by atoms with Crippen molar-refractivity contribution in [1.82, 2.24) is 30.1 Å². The van der Waals surface area contributed by atoms with E-state index in [-0.39, 0.29) is 17.7 Å². The second-order valence-corrected chi connectivity index (χ2v) is 9.99. The Morgan fingerprint density at radius 3 is 2.79 bits per heavy atom. The molecule has 38 heavy (non-hydrogen) atoms. The van der Waals surface area contributed by atoms with Gasteiger partial charge in [0, 0.05) is 41.2 Å². The van der Waals surface area contributed by atoms with E-state index in [4.69, 9.17) is 21.1 Å². The summed E-state index contributed by atoms with van der Waals surface area (Å²) in [5, 5.41) is 14.3. The molecule has 1 fully saturated rings. The fourth-order valence-corrected chi connectivity index (χ4v) is 5.31. The number of fused-ring (bicyclic) bond motifs is 1. The maximum Gasteiger partial charge on any atom is 0.252 e. The highest BCUT2D eigenvalue weighted by atomic mass is 35.5. The van der Waals surface area contributed by atoms with E-state index in [0.717, 1.165) is 53.9 Å². The normalized spacial score (nSPS) is 16.4. The van der Waals surface area contributed by atoms with Gasteiger partial charge in [-0.25, -0.2) is 4.68 Å². The Morgan fingerprint density at radius 1 is 1.18 bits per heavy atom. The van der Waals surface area contributed by atoms with Gasteiger partial charge in [-0.3, -0.25) is 9.69 Å². The smallest absolute Gasteiger partial charge is 0.252 e. The molecule has 2 aromatic carbocycles. The summed E-state index contributed by atoms with van der Waals surface area (Å²) in [5.41, 5.74) is 2.27. The maximum absolute atomic E-state index is 13.2. The van der Waals surface area contributed by atoms with Gasteiger partial charge in [-0.1, -0.05) is 36.7 Å². The van der Waals surface area contributed by atoms with Crippen molar-refractivity contribution in [2.24, 2.45) is 0 Å². The molecule has 3 heterocycles. The maximum atomic E-state index is 13.2. The van der Waals surface area contributed by atoms with Crippen LogP contribution < -0.4 is 10.3 Å². The van der Waals surface area contributed by atoms with Crippen molar-refractivity contribution in [2.45, 2.75) is 64.9 Å². The van der Waals surface area contributed by atoms with Crippen molar-refractivity contribution in [3.63, 3.8) is 0 Å². The van der Waals surface area contributed by atoms with E-state index in [2.05, 4.69) is 32.3 Å². The molecule has 0 aliphatic carbocycles. The summed E-state index contributed by atoms with van der Waals surface area (Å²) >= 11 is 6.57. The predicted octanol–water partition coefficient (Wildman–Crippen LogP) is 4.90. The fraction of sp³-hybridized carbons (Fsp3) is 0.429. The van der Waals surface area contributed by atoms with E-state index in [1.54, 1.807) is 0 Å². The van der Waals surface area contributed by atoms with Crippen LogP contribution in [0.5, 0.6) is 5.75 Å². The van der Waals surface area contributed by atoms with E-state index in [9.17, 15) is 4.79 Å². The number of hydrogen-bond donors (Lipinski definition) is 1. The molecule has 1 aliphatic heterocycles. The van der Waals surface area contributed by atoms with E-state index < -0.39 is 0 Å². The zero-order chi connectivity index (χ0) is 26.5. The lowest BCUT2D eigenvalue weighted by molar-refractivity contribution is 0.0888. The molecule has 0 amide bonds. The van der Waals surface area contributed by atoms with Crippen LogP contribution >= 0.6 is 11.6 Å². The molecule has 1 aliphatic rings. The number of nitrogens with zero attached hydrogens (tertiary/aromatic N) is 5. The third-order valence-corrected chi connectivity index (χ3v) is 7.36. The second kappa shape index (κ2) is 12.1. The van der Waals surface area contributed by atoms with Gasteiger partial charge >= 0.3 is 0 Å². The van der Waals surface area contributed by atoms with Gasteiger partial charge in [0.05, 0.1) is 25.3 Å². The molecule has 5 rings (SSSR count). The average Bonchev–Trinajstić information content (AvgIpc) is 3.59. The first kappa shape index (κ1) is 26.3. The van der Waals surface area contributed by atoms with Crippen molar-refractivity contribution in [1.29, 1.82) is 0 Å². The van der Waals surface area contributed by atoms with E-state index >= 15 is 0 Å². The van der Waals surface area contributed by atoms with Crippen LogP contribution in [0, 0.1) is 0 Å². The summed E-state index contributed by atoms with van der Waals surface area (Å²) in [6, 6.07) is 15.3. The molecule has 2 atom stereocenters. The lowest BCUT2D eigenvalue weighted by Crippen LogP contribution is -2.33. The summed E-state index contributed by atoms with van der Waals surface area (Å²) in [5.74, 6) is 1.52. The van der Waals surface area contributed by atoms with Crippen LogP contribution in [0.1, 0.15) is 56.1 Å². The van der Waals surface area contributed by atoms with Crippen LogP contribution in [0.4, 0.5) is 0 Å². The third kappa shape index (κ3) is 5.90. The number of H-pyrrole nitrogens is 1. The number of nitrogens with one attached hydrogen (secondary N) is 1. The highest BCUT2D eigenvalue weighted by Gasteiger charge is 2.28. The topological polar surface area (TPSA) is 98.2 Å². The molecule has 0 spiro atoms. The Balaban J connectivity index is 1.51. The number of ether oxygens (including phenoxy) is 2. The lowest BCUT2D eigenvalue weighted by Gasteiger charge is -2.30. The van der Waals surface area contributed by atoms with E-state index in [1.165, 1.54) is 0 Å². The summed E-state index contributed by atoms with van der Waals surface area (Å²) in [4.78, 5) is 18.4. The van der Waals surface area contributed by atoms with Crippen LogP contribution in [0.25, 0.3) is 10.9 Å². The Hall–Kier alpha value is -3.27. The monoisotopic (exact) mass is 536 g/mol. The Labute approximate surface area is 226 Å². The molecule has 0 radical (unpaired) electrons. The molecule has 200 valence electrons. The van der Waals surface area contributed by atoms with Crippen LogP contribution in [-0.2, 0) is 24.4 Å². The molecule has 4 aromatic rings. The summed E-state index contributed by atoms with van der Waals surface area (Å²) in [6.07, 6.45) is 2.90. The largest absolute Gasteiger partial charge is 0.494 e. The van der Waals surface area contributed by atoms with Gasteiger partial charge in [0.15, 0.2) is 5.82 Å². The summed E-state index contributed by atoms with van der Waals surface area (Å²) in [6.45, 7) is 6.93. The number of hydrogen-bond acceptors (Lipinski definition) is 7. The van der Waals surface area contributed by atoms with Crippen molar-refractivity contribution in [3.05, 3.63) is 80.9 Å². The van der Waals surface area contributed by atoms with E-state index in [1.807, 2.05) is 60.1 Å². The second-order valence-electron chi connectivity index (χ2n) is 9.58. The SMILES string of the molecule is CCOc1ccc2[nH]c(=O)c(CN(Cc3ccccc3Cl)[C@@H](CC)c3nnnn3C[C@H]3CCCO3)cc2c1. The minimum Gasteiger partial charge on any atom is -0.494 e. The van der Waals surface area contributed by atoms with Crippen molar-refractivity contribution >= 4 is 22.5 Å². The molecule has 10 heteroatoms. The Kier molecular flexibility index (Phi) is 8.36. The minimum atomic E-state index is -0.146. The molecule has 1 N–H and O–H groups in total. The first-order valence-corrected chi connectivity index (χ1v) is 13.6. The third-order valence-electron chi connectivity index (χ3n) is 6.99. The summed E-state index contributed by atoms with van der Waals surface area (Å²) < 4.78 is 13.4. The average molecular weight is 537 g/mol. The van der Waals surface area contributed by atoms with Gasteiger partial charge in [-0.15, -0.1) is 5.10 Å².